The van der Waals surface area contributed by atoms with Crippen molar-refractivity contribution in [3.63, 3.8) is 0 Å². The highest BCUT2D eigenvalue weighted by atomic mass is 19.3. The number of aromatic nitrogens is 1. The molecule has 0 bridgehead atoms. The van der Waals surface area contributed by atoms with Crippen molar-refractivity contribution < 1.29 is 8.78 Å². The first-order chi connectivity index (χ1) is 5.96. The lowest BCUT2D eigenvalue weighted by molar-refractivity contribution is -0.00747. The van der Waals surface area contributed by atoms with Gasteiger partial charge in [0.05, 0.1) is 13.1 Å². The summed E-state index contributed by atoms with van der Waals surface area (Å²) < 4.78 is 27.4. The summed E-state index contributed by atoms with van der Waals surface area (Å²) >= 11 is 0. The van der Waals surface area contributed by atoms with Crippen LogP contribution in [0.15, 0.2) is 12.1 Å². The van der Waals surface area contributed by atoms with Gasteiger partial charge in [0.2, 0.25) is 0 Å². The molecule has 4 heteroatoms. The van der Waals surface area contributed by atoms with Gasteiger partial charge in [-0.05, 0) is 26.0 Å². The second-order valence-corrected chi connectivity index (χ2v) is 3.26. The summed E-state index contributed by atoms with van der Waals surface area (Å²) in [6.07, 6.45) is 0. The lowest BCUT2D eigenvalue weighted by Gasteiger charge is -2.17. The molecule has 0 aromatic carbocycles. The van der Waals surface area contributed by atoms with Crippen molar-refractivity contribution in [3.05, 3.63) is 23.5 Å². The van der Waals surface area contributed by atoms with Crippen LogP contribution in [0.3, 0.4) is 0 Å². The molecule has 1 aromatic rings. The van der Waals surface area contributed by atoms with Crippen LogP contribution in [0.5, 0.6) is 0 Å². The monoisotopic (exact) mass is 188 g/mol. The second-order valence-electron chi connectivity index (χ2n) is 3.26. The summed E-state index contributed by atoms with van der Waals surface area (Å²) in [4.78, 5) is 0. The maximum Gasteiger partial charge on any atom is 0.277 e. The van der Waals surface area contributed by atoms with Gasteiger partial charge in [-0.2, -0.15) is 0 Å². The van der Waals surface area contributed by atoms with Gasteiger partial charge in [-0.25, -0.2) is 8.78 Å². The third kappa shape index (κ3) is 2.28. The normalized spacial score (nSPS) is 12.1. The molecule has 0 aliphatic rings. The smallest absolute Gasteiger partial charge is 0.277 e. The van der Waals surface area contributed by atoms with Crippen LogP contribution < -0.4 is 5.73 Å². The number of alkyl halides is 2. The first-order valence-corrected chi connectivity index (χ1v) is 4.17. The van der Waals surface area contributed by atoms with Crippen LogP contribution in [0.1, 0.15) is 11.4 Å². The fourth-order valence-electron chi connectivity index (χ4n) is 1.24. The van der Waals surface area contributed by atoms with E-state index in [0.717, 1.165) is 11.4 Å². The molecule has 0 fully saturated rings. The molecule has 1 aromatic heterocycles. The minimum absolute atomic E-state index is 0.325. The molecule has 1 rings (SSSR count). The SMILES string of the molecule is Cc1ccc(C)n1CC(F)(F)CN. The maximum atomic E-state index is 12.9. The molecule has 0 radical (unpaired) electrons. The van der Waals surface area contributed by atoms with Crippen molar-refractivity contribution in [1.29, 1.82) is 0 Å². The Bertz CT molecular complexity index is 272. The maximum absolute atomic E-state index is 12.9. The van der Waals surface area contributed by atoms with E-state index in [1.54, 1.807) is 18.4 Å². The van der Waals surface area contributed by atoms with Gasteiger partial charge in [-0.3, -0.25) is 0 Å². The molecule has 13 heavy (non-hydrogen) atoms. The van der Waals surface area contributed by atoms with Gasteiger partial charge in [-0.1, -0.05) is 0 Å². The number of aryl methyl sites for hydroxylation is 2. The van der Waals surface area contributed by atoms with Crippen LogP contribution >= 0.6 is 0 Å². The predicted molar refractivity (Wildman–Crippen MR) is 47.9 cm³/mol. The molecule has 0 atom stereocenters. The number of hydrogen-bond acceptors (Lipinski definition) is 1. The standard InChI is InChI=1S/C9H14F2N2/c1-7-3-4-8(2)13(7)6-9(10,11)5-12/h3-4H,5-6,12H2,1-2H3. The molecule has 2 nitrogen and oxygen atoms in total. The minimum atomic E-state index is -2.81. The van der Waals surface area contributed by atoms with E-state index < -0.39 is 12.5 Å². The zero-order chi connectivity index (χ0) is 10.1. The Morgan fingerprint density at radius 2 is 1.77 bits per heavy atom. The second kappa shape index (κ2) is 3.46. The largest absolute Gasteiger partial charge is 0.343 e. The van der Waals surface area contributed by atoms with E-state index >= 15 is 0 Å². The molecular formula is C9H14F2N2. The predicted octanol–water partition coefficient (Wildman–Crippen LogP) is 1.70. The molecule has 0 spiro atoms. The summed E-state index contributed by atoms with van der Waals surface area (Å²) in [5.74, 6) is -2.81. The van der Waals surface area contributed by atoms with Gasteiger partial charge in [-0.15, -0.1) is 0 Å². The molecule has 0 saturated heterocycles. The molecule has 0 aliphatic heterocycles. The van der Waals surface area contributed by atoms with Crippen molar-refractivity contribution in [3.8, 4) is 0 Å². The van der Waals surface area contributed by atoms with Gasteiger partial charge in [0.25, 0.3) is 5.92 Å². The zero-order valence-electron chi connectivity index (χ0n) is 7.85. The van der Waals surface area contributed by atoms with Crippen molar-refractivity contribution >= 4 is 0 Å². The van der Waals surface area contributed by atoms with Crippen molar-refractivity contribution in [2.45, 2.75) is 26.3 Å². The molecule has 74 valence electrons. The van der Waals surface area contributed by atoms with E-state index in [1.807, 2.05) is 12.1 Å². The van der Waals surface area contributed by atoms with Gasteiger partial charge in [0, 0.05) is 11.4 Å². The summed E-state index contributed by atoms with van der Waals surface area (Å²) in [7, 11) is 0. The van der Waals surface area contributed by atoms with Gasteiger partial charge in [0.15, 0.2) is 0 Å². The minimum Gasteiger partial charge on any atom is -0.343 e. The van der Waals surface area contributed by atoms with Crippen molar-refractivity contribution in [1.82, 2.24) is 4.57 Å². The average Bonchev–Trinajstić information content (AvgIpc) is 2.36. The Kier molecular flexibility index (Phi) is 2.71. The van der Waals surface area contributed by atoms with Crippen LogP contribution in [0.25, 0.3) is 0 Å². The highest BCUT2D eigenvalue weighted by Gasteiger charge is 2.27. The number of nitrogens with zero attached hydrogens (tertiary/aromatic N) is 1. The quantitative estimate of drug-likeness (QED) is 0.769. The van der Waals surface area contributed by atoms with Crippen LogP contribution in [0.2, 0.25) is 0 Å². The summed E-state index contributed by atoms with van der Waals surface area (Å²) in [6.45, 7) is 2.68. The lowest BCUT2D eigenvalue weighted by Crippen LogP contribution is -2.33. The Balaban J connectivity index is 2.85. The fraction of sp³-hybridized carbons (Fsp3) is 0.556. The van der Waals surface area contributed by atoms with E-state index in [1.165, 1.54) is 0 Å². The first kappa shape index (κ1) is 10.2. The molecule has 0 unspecified atom stereocenters. The van der Waals surface area contributed by atoms with Gasteiger partial charge < -0.3 is 10.3 Å². The Morgan fingerprint density at radius 3 is 2.15 bits per heavy atom. The Hall–Kier alpha value is -0.900. The molecule has 1 heterocycles. The van der Waals surface area contributed by atoms with Crippen LogP contribution in [-0.2, 0) is 6.54 Å². The molecule has 0 aliphatic carbocycles. The highest BCUT2D eigenvalue weighted by Crippen LogP contribution is 2.18. The summed E-state index contributed by atoms with van der Waals surface area (Å²) in [5.41, 5.74) is 6.64. The molecule has 2 N–H and O–H groups in total. The first-order valence-electron chi connectivity index (χ1n) is 4.17. The lowest BCUT2D eigenvalue weighted by atomic mass is 10.3. The van der Waals surface area contributed by atoms with Crippen LogP contribution in [0.4, 0.5) is 8.78 Å². The van der Waals surface area contributed by atoms with Gasteiger partial charge >= 0.3 is 0 Å². The molecule has 0 saturated carbocycles. The number of nitrogens with two attached hydrogens (primary N) is 1. The zero-order valence-corrected chi connectivity index (χ0v) is 7.85. The average molecular weight is 188 g/mol. The number of halogens is 2. The Labute approximate surface area is 76.3 Å². The molecular weight excluding hydrogens is 174 g/mol. The summed E-state index contributed by atoms with van der Waals surface area (Å²) in [5, 5.41) is 0. The van der Waals surface area contributed by atoms with E-state index in [2.05, 4.69) is 0 Å². The Morgan fingerprint density at radius 1 is 1.31 bits per heavy atom. The highest BCUT2D eigenvalue weighted by molar-refractivity contribution is 5.13. The topological polar surface area (TPSA) is 30.9 Å². The van der Waals surface area contributed by atoms with Crippen LogP contribution in [0, 0.1) is 13.8 Å². The van der Waals surface area contributed by atoms with Crippen molar-refractivity contribution in [2.75, 3.05) is 6.54 Å². The van der Waals surface area contributed by atoms with E-state index in [4.69, 9.17) is 5.73 Å². The van der Waals surface area contributed by atoms with E-state index in [9.17, 15) is 8.78 Å². The number of hydrogen-bond donors (Lipinski definition) is 1. The molecule has 0 amide bonds. The third-order valence-electron chi connectivity index (χ3n) is 2.11. The fourth-order valence-corrected chi connectivity index (χ4v) is 1.24. The third-order valence-corrected chi connectivity index (χ3v) is 2.11. The van der Waals surface area contributed by atoms with Crippen LogP contribution in [-0.4, -0.2) is 17.0 Å². The number of rotatable bonds is 3. The van der Waals surface area contributed by atoms with E-state index in [0.29, 0.717) is 0 Å². The summed E-state index contributed by atoms with van der Waals surface area (Å²) in [6, 6.07) is 3.64. The van der Waals surface area contributed by atoms with E-state index in [-0.39, 0.29) is 6.54 Å². The van der Waals surface area contributed by atoms with Gasteiger partial charge in [0.1, 0.15) is 0 Å². The van der Waals surface area contributed by atoms with Crippen molar-refractivity contribution in [2.24, 2.45) is 5.73 Å².